The van der Waals surface area contributed by atoms with Crippen molar-refractivity contribution in [2.24, 2.45) is 4.99 Å². The molecular formula is C25H22FN3S. The minimum atomic E-state index is -0.776. The molecule has 0 amide bonds. The fourth-order valence-corrected chi connectivity index (χ4v) is 3.19. The smallest absolute Gasteiger partial charge is 0.239 e. The molecule has 0 aliphatic carbocycles. The Morgan fingerprint density at radius 2 is 1.80 bits per heavy atom. The van der Waals surface area contributed by atoms with E-state index in [1.54, 1.807) is 0 Å². The number of halogens is 1. The predicted octanol–water partition coefficient (Wildman–Crippen LogP) is 6.46. The highest BCUT2D eigenvalue weighted by Crippen LogP contribution is 2.23. The SMILES string of the molecule is CCCCCc1ccc(-c2ccc(C#Cc3ncc(N=C=S)nc3F)c(C)c2)cc1. The lowest BCUT2D eigenvalue weighted by atomic mass is 9.98. The van der Waals surface area contributed by atoms with Gasteiger partial charge in [-0.1, -0.05) is 62.1 Å². The van der Waals surface area contributed by atoms with Gasteiger partial charge in [-0.25, -0.2) is 4.98 Å². The van der Waals surface area contributed by atoms with Gasteiger partial charge in [-0.05, 0) is 66.2 Å². The molecule has 1 aromatic heterocycles. The van der Waals surface area contributed by atoms with Crippen LogP contribution in [-0.2, 0) is 6.42 Å². The number of nitrogens with zero attached hydrogens (tertiary/aromatic N) is 3. The Labute approximate surface area is 182 Å². The highest BCUT2D eigenvalue weighted by atomic mass is 32.1. The zero-order valence-corrected chi connectivity index (χ0v) is 17.9. The van der Waals surface area contributed by atoms with Crippen LogP contribution in [0.5, 0.6) is 0 Å². The second-order valence-electron chi connectivity index (χ2n) is 7.00. The molecule has 0 saturated carbocycles. The van der Waals surface area contributed by atoms with Gasteiger partial charge in [0.1, 0.15) is 0 Å². The lowest BCUT2D eigenvalue weighted by molar-refractivity contribution is 0.573. The molecular weight excluding hydrogens is 393 g/mol. The predicted molar refractivity (Wildman–Crippen MR) is 123 cm³/mol. The third kappa shape index (κ3) is 5.67. The van der Waals surface area contributed by atoms with Crippen LogP contribution in [0.2, 0.25) is 0 Å². The molecule has 0 fully saturated rings. The number of rotatable bonds is 6. The molecule has 0 atom stereocenters. The first-order chi connectivity index (χ1) is 14.6. The Balaban J connectivity index is 1.76. The molecule has 3 rings (SSSR count). The number of isothiocyanates is 1. The lowest BCUT2D eigenvalue weighted by Crippen LogP contribution is -1.93. The van der Waals surface area contributed by atoms with E-state index in [1.165, 1.54) is 36.6 Å². The van der Waals surface area contributed by atoms with Crippen LogP contribution in [0, 0.1) is 24.7 Å². The van der Waals surface area contributed by atoms with Crippen molar-refractivity contribution in [3.63, 3.8) is 0 Å². The van der Waals surface area contributed by atoms with Crippen molar-refractivity contribution in [1.82, 2.24) is 9.97 Å². The molecule has 0 aliphatic rings. The van der Waals surface area contributed by atoms with E-state index >= 15 is 0 Å². The van der Waals surface area contributed by atoms with Gasteiger partial charge in [-0.3, -0.25) is 0 Å². The van der Waals surface area contributed by atoms with Gasteiger partial charge in [-0.15, -0.1) is 0 Å². The number of aryl methyl sites for hydroxylation is 2. The Kier molecular flexibility index (Phi) is 7.57. The molecule has 0 saturated heterocycles. The van der Waals surface area contributed by atoms with Gasteiger partial charge < -0.3 is 0 Å². The molecule has 1 heterocycles. The lowest BCUT2D eigenvalue weighted by Gasteiger charge is -2.07. The van der Waals surface area contributed by atoms with Crippen LogP contribution >= 0.6 is 12.2 Å². The molecule has 5 heteroatoms. The highest BCUT2D eigenvalue weighted by molar-refractivity contribution is 7.78. The van der Waals surface area contributed by atoms with Crippen LogP contribution in [0.3, 0.4) is 0 Å². The molecule has 30 heavy (non-hydrogen) atoms. The number of hydrogen-bond donors (Lipinski definition) is 0. The molecule has 0 N–H and O–H groups in total. The molecule has 3 aromatic rings. The summed E-state index contributed by atoms with van der Waals surface area (Å²) in [5, 5.41) is 2.13. The van der Waals surface area contributed by atoms with Gasteiger partial charge in [-0.2, -0.15) is 14.4 Å². The van der Waals surface area contributed by atoms with Gasteiger partial charge >= 0.3 is 0 Å². The van der Waals surface area contributed by atoms with E-state index < -0.39 is 5.95 Å². The third-order valence-electron chi connectivity index (χ3n) is 4.78. The fraction of sp³-hybridized carbons (Fsp3) is 0.240. The van der Waals surface area contributed by atoms with E-state index in [0.29, 0.717) is 0 Å². The Hall–Kier alpha value is -3.19. The van der Waals surface area contributed by atoms with Crippen molar-refractivity contribution >= 4 is 23.2 Å². The summed E-state index contributed by atoms with van der Waals surface area (Å²) in [6, 6.07) is 14.8. The molecule has 3 nitrogen and oxygen atoms in total. The summed E-state index contributed by atoms with van der Waals surface area (Å²) in [6.07, 6.45) is 6.17. The van der Waals surface area contributed by atoms with Crippen LogP contribution in [0.1, 0.15) is 48.6 Å². The molecule has 2 aromatic carbocycles. The number of aromatic nitrogens is 2. The van der Waals surface area contributed by atoms with Crippen LogP contribution in [-0.4, -0.2) is 15.1 Å². The largest absolute Gasteiger partial charge is 0.249 e. The third-order valence-corrected chi connectivity index (χ3v) is 4.87. The van der Waals surface area contributed by atoms with Gasteiger partial charge in [0.25, 0.3) is 0 Å². The number of hydrogen-bond acceptors (Lipinski definition) is 4. The number of aliphatic imine (C=N–C) groups is 1. The molecule has 0 radical (unpaired) electrons. The topological polar surface area (TPSA) is 38.1 Å². The Morgan fingerprint density at radius 1 is 1.03 bits per heavy atom. The van der Waals surface area contributed by atoms with Crippen molar-refractivity contribution in [1.29, 1.82) is 0 Å². The molecule has 0 unspecified atom stereocenters. The Bertz CT molecular complexity index is 1140. The van der Waals surface area contributed by atoms with Crippen LogP contribution < -0.4 is 0 Å². The first-order valence-corrected chi connectivity index (χ1v) is 10.3. The first-order valence-electron chi connectivity index (χ1n) is 9.93. The summed E-state index contributed by atoms with van der Waals surface area (Å²) in [4.78, 5) is 11.2. The normalized spacial score (nSPS) is 10.1. The van der Waals surface area contributed by atoms with Crippen LogP contribution in [0.15, 0.2) is 53.7 Å². The second-order valence-corrected chi connectivity index (χ2v) is 7.19. The first kappa shape index (κ1) is 21.5. The van der Waals surface area contributed by atoms with Gasteiger partial charge in [0.2, 0.25) is 5.95 Å². The fourth-order valence-electron chi connectivity index (χ4n) is 3.10. The number of benzene rings is 2. The van der Waals surface area contributed by atoms with Crippen LogP contribution in [0.4, 0.5) is 10.2 Å². The van der Waals surface area contributed by atoms with E-state index in [-0.39, 0.29) is 11.5 Å². The minimum Gasteiger partial charge on any atom is -0.239 e. The second kappa shape index (κ2) is 10.5. The summed E-state index contributed by atoms with van der Waals surface area (Å²) in [6.45, 7) is 4.21. The van der Waals surface area contributed by atoms with Crippen molar-refractivity contribution in [2.45, 2.75) is 39.5 Å². The maximum absolute atomic E-state index is 14.0. The quantitative estimate of drug-likeness (QED) is 0.201. The van der Waals surface area contributed by atoms with Crippen molar-refractivity contribution < 1.29 is 4.39 Å². The molecule has 0 bridgehead atoms. The monoisotopic (exact) mass is 415 g/mol. The minimum absolute atomic E-state index is 0.0274. The molecule has 0 spiro atoms. The summed E-state index contributed by atoms with van der Waals surface area (Å²) >= 11 is 4.48. The summed E-state index contributed by atoms with van der Waals surface area (Å²) in [7, 11) is 0. The Morgan fingerprint density at radius 3 is 2.47 bits per heavy atom. The van der Waals surface area contributed by atoms with E-state index in [0.717, 1.165) is 23.1 Å². The van der Waals surface area contributed by atoms with E-state index in [4.69, 9.17) is 0 Å². The van der Waals surface area contributed by atoms with E-state index in [9.17, 15) is 4.39 Å². The summed E-state index contributed by atoms with van der Waals surface area (Å²) in [5.74, 6) is 5.02. The van der Waals surface area contributed by atoms with Gasteiger partial charge in [0.15, 0.2) is 11.5 Å². The molecule has 150 valence electrons. The average molecular weight is 416 g/mol. The standard InChI is InChI=1S/C25H22FN3S/c1-3-4-5-6-19-7-9-21(10-8-19)22-12-11-20(18(2)15-22)13-14-23-25(26)29-24(16-27-23)28-17-30/h7-12,15-16H,3-6H2,1-2H3. The summed E-state index contributed by atoms with van der Waals surface area (Å²) in [5.41, 5.74) is 5.48. The van der Waals surface area contributed by atoms with E-state index in [1.807, 2.05) is 19.1 Å². The van der Waals surface area contributed by atoms with Gasteiger partial charge in [0, 0.05) is 5.56 Å². The maximum atomic E-state index is 14.0. The zero-order chi connectivity index (χ0) is 21.3. The van der Waals surface area contributed by atoms with Crippen LogP contribution in [0.25, 0.3) is 11.1 Å². The highest BCUT2D eigenvalue weighted by Gasteiger charge is 2.05. The number of thiocarbonyl (C=S) groups is 1. The van der Waals surface area contributed by atoms with Gasteiger partial charge in [0.05, 0.1) is 11.4 Å². The van der Waals surface area contributed by atoms with Crippen molar-refractivity contribution in [3.8, 4) is 23.0 Å². The van der Waals surface area contributed by atoms with Crippen molar-refractivity contribution in [3.05, 3.63) is 77.0 Å². The average Bonchev–Trinajstić information content (AvgIpc) is 2.75. The number of unbranched alkanes of at least 4 members (excludes halogenated alkanes) is 2. The van der Waals surface area contributed by atoms with Crippen molar-refractivity contribution in [2.75, 3.05) is 0 Å². The maximum Gasteiger partial charge on any atom is 0.249 e. The molecule has 0 aliphatic heterocycles. The summed E-state index contributed by atoms with van der Waals surface area (Å²) < 4.78 is 14.0. The zero-order valence-electron chi connectivity index (χ0n) is 17.1. The van der Waals surface area contributed by atoms with E-state index in [2.05, 4.69) is 81.4 Å².